The van der Waals surface area contributed by atoms with Gasteiger partial charge in [0.25, 0.3) is 0 Å². The van der Waals surface area contributed by atoms with Crippen LogP contribution >= 0.6 is 12.2 Å². The molecule has 146 valence electrons. The molecule has 0 N–H and O–H groups in total. The number of hydrogen-bond acceptors (Lipinski definition) is 7. The number of carbonyl (C=O) groups is 1. The van der Waals surface area contributed by atoms with E-state index in [1.807, 2.05) is 15.3 Å². The van der Waals surface area contributed by atoms with Gasteiger partial charge in [-0.25, -0.2) is 14.5 Å². The first kappa shape index (κ1) is 19.5. The monoisotopic (exact) mass is 390 g/mol. The fourth-order valence-electron chi connectivity index (χ4n) is 3.02. The second-order valence-corrected chi connectivity index (χ2v) is 7.15. The van der Waals surface area contributed by atoms with Crippen LogP contribution in [0.5, 0.6) is 0 Å². The summed E-state index contributed by atoms with van der Waals surface area (Å²) < 4.78 is 9.62. The minimum absolute atomic E-state index is 0.312. The maximum absolute atomic E-state index is 11.7. The Kier molecular flexibility index (Phi) is 6.22. The summed E-state index contributed by atoms with van der Waals surface area (Å²) in [5, 5.41) is 4.41. The second kappa shape index (κ2) is 8.62. The molecular formula is C18H26N6O2S. The number of ether oxygens (including phenoxy) is 1. The average molecular weight is 391 g/mol. The third kappa shape index (κ3) is 4.54. The van der Waals surface area contributed by atoms with Gasteiger partial charge in [0.2, 0.25) is 0 Å². The Bertz CT molecular complexity index is 821. The van der Waals surface area contributed by atoms with Gasteiger partial charge in [0.15, 0.2) is 4.77 Å². The number of anilines is 1. The molecular weight excluding hydrogens is 364 g/mol. The van der Waals surface area contributed by atoms with Crippen LogP contribution in [0.2, 0.25) is 0 Å². The molecule has 1 aliphatic heterocycles. The number of esters is 1. The average Bonchev–Trinajstić information content (AvgIpc) is 3.03. The zero-order chi connectivity index (χ0) is 19.4. The van der Waals surface area contributed by atoms with Crippen molar-refractivity contribution in [1.29, 1.82) is 0 Å². The molecule has 0 amide bonds. The standard InChI is InChI=1S/C18H26N6O2S/c1-4-26-17(25)15-5-6-16(19-11-15)22-9-7-21(8-10-22)13-24-18(27)23(12-20-24)14(2)3/h5-6,11-12,14H,4,7-10,13H2,1-3H3. The van der Waals surface area contributed by atoms with Crippen molar-refractivity contribution < 1.29 is 9.53 Å². The summed E-state index contributed by atoms with van der Waals surface area (Å²) in [6.45, 7) is 10.6. The molecule has 0 aliphatic carbocycles. The zero-order valence-corrected chi connectivity index (χ0v) is 16.9. The summed E-state index contributed by atoms with van der Waals surface area (Å²) in [7, 11) is 0. The number of aromatic nitrogens is 4. The molecule has 2 aromatic rings. The molecule has 3 heterocycles. The van der Waals surface area contributed by atoms with Crippen LogP contribution in [-0.2, 0) is 11.4 Å². The Hall–Kier alpha value is -2.26. The van der Waals surface area contributed by atoms with Gasteiger partial charge in [-0.2, -0.15) is 5.10 Å². The summed E-state index contributed by atoms with van der Waals surface area (Å²) in [6.07, 6.45) is 3.38. The largest absolute Gasteiger partial charge is 0.462 e. The van der Waals surface area contributed by atoms with Crippen molar-refractivity contribution >= 4 is 24.0 Å². The van der Waals surface area contributed by atoms with Crippen molar-refractivity contribution in [3.8, 4) is 0 Å². The smallest absolute Gasteiger partial charge is 0.339 e. The van der Waals surface area contributed by atoms with Gasteiger partial charge < -0.3 is 14.2 Å². The van der Waals surface area contributed by atoms with Crippen LogP contribution in [-0.4, -0.2) is 63.0 Å². The minimum Gasteiger partial charge on any atom is -0.462 e. The van der Waals surface area contributed by atoms with Gasteiger partial charge in [0.05, 0.1) is 18.8 Å². The van der Waals surface area contributed by atoms with E-state index in [1.165, 1.54) is 0 Å². The molecule has 9 heteroatoms. The molecule has 0 bridgehead atoms. The number of pyridine rings is 1. The molecule has 1 fully saturated rings. The highest BCUT2D eigenvalue weighted by Crippen LogP contribution is 2.15. The summed E-state index contributed by atoms with van der Waals surface area (Å²) in [6, 6.07) is 3.96. The van der Waals surface area contributed by atoms with Gasteiger partial charge in [0, 0.05) is 38.4 Å². The predicted molar refractivity (Wildman–Crippen MR) is 105 cm³/mol. The zero-order valence-electron chi connectivity index (χ0n) is 16.0. The van der Waals surface area contributed by atoms with Crippen molar-refractivity contribution in [3.63, 3.8) is 0 Å². The van der Waals surface area contributed by atoms with E-state index >= 15 is 0 Å². The van der Waals surface area contributed by atoms with E-state index < -0.39 is 0 Å². The Morgan fingerprint density at radius 1 is 1.26 bits per heavy atom. The summed E-state index contributed by atoms with van der Waals surface area (Å²) in [5.41, 5.74) is 0.481. The van der Waals surface area contributed by atoms with Gasteiger partial charge in [-0.1, -0.05) is 0 Å². The van der Waals surface area contributed by atoms with Crippen LogP contribution in [0, 0.1) is 4.77 Å². The molecule has 0 radical (unpaired) electrons. The lowest BCUT2D eigenvalue weighted by Crippen LogP contribution is -2.47. The fraction of sp³-hybridized carbons (Fsp3) is 0.556. The van der Waals surface area contributed by atoms with Crippen LogP contribution in [0.1, 0.15) is 37.2 Å². The lowest BCUT2D eigenvalue weighted by atomic mass is 10.2. The van der Waals surface area contributed by atoms with E-state index in [-0.39, 0.29) is 5.97 Å². The van der Waals surface area contributed by atoms with Crippen molar-refractivity contribution in [2.75, 3.05) is 37.7 Å². The quantitative estimate of drug-likeness (QED) is 0.554. The molecule has 2 aromatic heterocycles. The number of carbonyl (C=O) groups excluding carboxylic acids is 1. The van der Waals surface area contributed by atoms with Crippen LogP contribution < -0.4 is 4.90 Å². The van der Waals surface area contributed by atoms with Crippen LogP contribution in [0.15, 0.2) is 24.7 Å². The van der Waals surface area contributed by atoms with Crippen molar-refractivity contribution in [2.24, 2.45) is 0 Å². The van der Waals surface area contributed by atoms with E-state index in [4.69, 9.17) is 17.0 Å². The Morgan fingerprint density at radius 3 is 2.56 bits per heavy atom. The second-order valence-electron chi connectivity index (χ2n) is 6.79. The molecule has 1 aliphatic rings. The van der Waals surface area contributed by atoms with Crippen molar-refractivity contribution in [3.05, 3.63) is 35.0 Å². The highest BCUT2D eigenvalue weighted by atomic mass is 32.1. The lowest BCUT2D eigenvalue weighted by Gasteiger charge is -2.35. The Morgan fingerprint density at radius 2 is 2.00 bits per heavy atom. The van der Waals surface area contributed by atoms with Gasteiger partial charge in [-0.15, -0.1) is 0 Å². The molecule has 8 nitrogen and oxygen atoms in total. The summed E-state index contributed by atoms with van der Waals surface area (Å²) >= 11 is 5.50. The van der Waals surface area contributed by atoms with Gasteiger partial charge in [-0.3, -0.25) is 4.90 Å². The fourth-order valence-corrected chi connectivity index (χ4v) is 3.38. The lowest BCUT2D eigenvalue weighted by molar-refractivity contribution is 0.0526. The third-order valence-corrected chi connectivity index (χ3v) is 5.02. The Labute approximate surface area is 164 Å². The highest BCUT2D eigenvalue weighted by Gasteiger charge is 2.19. The minimum atomic E-state index is -0.334. The maximum Gasteiger partial charge on any atom is 0.339 e. The molecule has 0 spiro atoms. The van der Waals surface area contributed by atoms with E-state index in [2.05, 4.69) is 33.7 Å². The van der Waals surface area contributed by atoms with Gasteiger partial charge >= 0.3 is 5.97 Å². The molecule has 1 saturated heterocycles. The molecule has 0 saturated carbocycles. The van der Waals surface area contributed by atoms with E-state index in [0.29, 0.717) is 24.9 Å². The molecule has 0 aromatic carbocycles. The number of nitrogens with zero attached hydrogens (tertiary/aromatic N) is 6. The summed E-state index contributed by atoms with van der Waals surface area (Å²) in [5.74, 6) is 0.544. The van der Waals surface area contributed by atoms with Crippen molar-refractivity contribution in [1.82, 2.24) is 24.2 Å². The van der Waals surface area contributed by atoms with Crippen LogP contribution in [0.3, 0.4) is 0 Å². The van der Waals surface area contributed by atoms with E-state index in [9.17, 15) is 4.79 Å². The molecule has 3 rings (SSSR count). The number of piperazine rings is 1. The highest BCUT2D eigenvalue weighted by molar-refractivity contribution is 7.71. The number of rotatable bonds is 6. The molecule has 27 heavy (non-hydrogen) atoms. The first-order valence-corrected chi connectivity index (χ1v) is 9.65. The van der Waals surface area contributed by atoms with E-state index in [0.717, 1.165) is 36.8 Å². The van der Waals surface area contributed by atoms with E-state index in [1.54, 1.807) is 25.5 Å². The van der Waals surface area contributed by atoms with Crippen LogP contribution in [0.25, 0.3) is 0 Å². The number of hydrogen-bond donors (Lipinski definition) is 0. The third-order valence-electron chi connectivity index (χ3n) is 4.60. The summed E-state index contributed by atoms with van der Waals surface area (Å²) in [4.78, 5) is 20.7. The van der Waals surface area contributed by atoms with Crippen molar-refractivity contribution in [2.45, 2.75) is 33.5 Å². The topological polar surface area (TPSA) is 68.4 Å². The van der Waals surface area contributed by atoms with Gasteiger partial charge in [-0.05, 0) is 45.1 Å². The first-order valence-electron chi connectivity index (χ1n) is 9.24. The first-order chi connectivity index (χ1) is 13.0. The SMILES string of the molecule is CCOC(=O)c1ccc(N2CCN(Cn3ncn(C(C)C)c3=S)CC2)nc1. The Balaban J connectivity index is 1.56. The maximum atomic E-state index is 11.7. The van der Waals surface area contributed by atoms with Crippen LogP contribution in [0.4, 0.5) is 5.82 Å². The molecule has 0 atom stereocenters. The van der Waals surface area contributed by atoms with Gasteiger partial charge in [0.1, 0.15) is 12.1 Å². The predicted octanol–water partition coefficient (Wildman–Crippen LogP) is 2.35. The molecule has 0 unspecified atom stereocenters. The normalized spacial score (nSPS) is 15.3.